The maximum Gasteiger partial charge on any atom is 0.323 e. The lowest BCUT2D eigenvalue weighted by Gasteiger charge is -2.35. The molecule has 1 fully saturated rings. The van der Waals surface area contributed by atoms with Gasteiger partial charge in [-0.1, -0.05) is 13.8 Å². The van der Waals surface area contributed by atoms with E-state index >= 15 is 0 Å². The molecule has 0 bridgehead atoms. The number of hydrogen-bond donors (Lipinski definition) is 0. The Morgan fingerprint density at radius 1 is 1.53 bits per heavy atom. The van der Waals surface area contributed by atoms with Crippen LogP contribution in [0, 0.1) is 5.92 Å². The van der Waals surface area contributed by atoms with Crippen LogP contribution in [-0.4, -0.2) is 36.6 Å². The van der Waals surface area contributed by atoms with Crippen LogP contribution in [-0.2, 0) is 9.53 Å². The fourth-order valence-electron chi connectivity index (χ4n) is 2.32. The number of rotatable bonds is 4. The highest BCUT2D eigenvalue weighted by Gasteiger charge is 2.28. The second kappa shape index (κ2) is 6.11. The van der Waals surface area contributed by atoms with Crippen LogP contribution in [0.4, 0.5) is 0 Å². The molecule has 0 aromatic carbocycles. The van der Waals surface area contributed by atoms with Crippen LogP contribution in [0.1, 0.15) is 40.0 Å². The quantitative estimate of drug-likeness (QED) is 0.669. The fraction of sp³-hybridized carbons (Fsp3) is 0.917. The van der Waals surface area contributed by atoms with E-state index in [0.29, 0.717) is 12.5 Å². The van der Waals surface area contributed by atoms with Crippen molar-refractivity contribution in [3.05, 3.63) is 0 Å². The Balaban J connectivity index is 2.52. The summed E-state index contributed by atoms with van der Waals surface area (Å²) in [6.45, 7) is 8.74. The van der Waals surface area contributed by atoms with Gasteiger partial charge in [0.1, 0.15) is 6.04 Å². The minimum absolute atomic E-state index is 0.0206. The zero-order valence-electron chi connectivity index (χ0n) is 10.2. The molecule has 2 unspecified atom stereocenters. The molecule has 1 heterocycles. The van der Waals surface area contributed by atoms with E-state index in [9.17, 15) is 4.79 Å². The highest BCUT2D eigenvalue weighted by atomic mass is 16.5. The number of likely N-dealkylation sites (tertiary alicyclic amines) is 1. The number of nitrogens with zero attached hydrogens (tertiary/aromatic N) is 1. The van der Waals surface area contributed by atoms with E-state index in [2.05, 4.69) is 18.7 Å². The average Bonchev–Trinajstić information content (AvgIpc) is 2.19. The predicted octanol–water partition coefficient (Wildman–Crippen LogP) is 2.06. The zero-order chi connectivity index (χ0) is 11.3. The maximum absolute atomic E-state index is 11.7. The second-order valence-corrected chi connectivity index (χ2v) is 4.42. The third kappa shape index (κ3) is 3.49. The molecule has 15 heavy (non-hydrogen) atoms. The average molecular weight is 213 g/mol. The van der Waals surface area contributed by atoms with Gasteiger partial charge in [-0.15, -0.1) is 0 Å². The molecule has 2 atom stereocenters. The van der Waals surface area contributed by atoms with Crippen molar-refractivity contribution in [3.8, 4) is 0 Å². The molecule has 1 aliphatic heterocycles. The molecule has 0 spiro atoms. The van der Waals surface area contributed by atoms with Crippen LogP contribution in [0.15, 0.2) is 0 Å². The van der Waals surface area contributed by atoms with Crippen LogP contribution >= 0.6 is 0 Å². The van der Waals surface area contributed by atoms with Gasteiger partial charge in [-0.25, -0.2) is 0 Å². The van der Waals surface area contributed by atoms with Crippen LogP contribution < -0.4 is 0 Å². The topological polar surface area (TPSA) is 29.5 Å². The van der Waals surface area contributed by atoms with Gasteiger partial charge >= 0.3 is 5.97 Å². The predicted molar refractivity (Wildman–Crippen MR) is 60.7 cm³/mol. The van der Waals surface area contributed by atoms with Crippen molar-refractivity contribution < 1.29 is 9.53 Å². The monoisotopic (exact) mass is 213 g/mol. The van der Waals surface area contributed by atoms with Gasteiger partial charge in [-0.05, 0) is 38.6 Å². The Morgan fingerprint density at radius 3 is 2.80 bits per heavy atom. The summed E-state index contributed by atoms with van der Waals surface area (Å²) in [5, 5.41) is 0. The lowest BCUT2D eigenvalue weighted by Crippen LogP contribution is -2.46. The number of piperidine rings is 1. The van der Waals surface area contributed by atoms with E-state index in [0.717, 1.165) is 19.5 Å². The Morgan fingerprint density at radius 2 is 2.27 bits per heavy atom. The molecule has 1 rings (SSSR count). The Kier molecular flexibility index (Phi) is 5.09. The first-order valence-corrected chi connectivity index (χ1v) is 6.09. The highest BCUT2D eigenvalue weighted by molar-refractivity contribution is 5.75. The lowest BCUT2D eigenvalue weighted by molar-refractivity contribution is -0.150. The molecule has 0 amide bonds. The van der Waals surface area contributed by atoms with Crippen LogP contribution in [0.25, 0.3) is 0 Å². The summed E-state index contributed by atoms with van der Waals surface area (Å²) in [6, 6.07) is -0.0206. The molecule has 0 aromatic rings. The van der Waals surface area contributed by atoms with Crippen molar-refractivity contribution in [2.45, 2.75) is 46.1 Å². The zero-order valence-corrected chi connectivity index (χ0v) is 10.2. The number of esters is 1. The molecule has 0 saturated carbocycles. The van der Waals surface area contributed by atoms with Gasteiger partial charge in [0, 0.05) is 6.54 Å². The van der Waals surface area contributed by atoms with Gasteiger partial charge in [0.05, 0.1) is 6.61 Å². The van der Waals surface area contributed by atoms with Crippen LogP contribution in [0.5, 0.6) is 0 Å². The third-order valence-electron chi connectivity index (χ3n) is 3.07. The molecule has 88 valence electrons. The molecule has 0 aromatic heterocycles. The maximum atomic E-state index is 11.7. The summed E-state index contributed by atoms with van der Waals surface area (Å²) < 4.78 is 5.10. The fourth-order valence-corrected chi connectivity index (χ4v) is 2.32. The Bertz CT molecular complexity index is 206. The van der Waals surface area contributed by atoms with Gasteiger partial charge < -0.3 is 4.74 Å². The standard InChI is InChI=1S/C12H23NO2/c1-4-11(12(14)15-5-2)13-8-6-7-10(3)9-13/h10-11H,4-9H2,1-3H3. The molecule has 0 radical (unpaired) electrons. The summed E-state index contributed by atoms with van der Waals surface area (Å²) in [7, 11) is 0. The Labute approximate surface area is 92.8 Å². The SMILES string of the molecule is CCOC(=O)C(CC)N1CCCC(C)C1. The molecular formula is C12H23NO2. The highest BCUT2D eigenvalue weighted by Crippen LogP contribution is 2.19. The van der Waals surface area contributed by atoms with Crippen molar-refractivity contribution in [1.82, 2.24) is 4.90 Å². The first-order valence-electron chi connectivity index (χ1n) is 6.09. The minimum Gasteiger partial charge on any atom is -0.465 e. The van der Waals surface area contributed by atoms with E-state index in [4.69, 9.17) is 4.74 Å². The van der Waals surface area contributed by atoms with Crippen molar-refractivity contribution in [2.24, 2.45) is 5.92 Å². The van der Waals surface area contributed by atoms with Gasteiger partial charge in [0.15, 0.2) is 0 Å². The van der Waals surface area contributed by atoms with E-state index in [1.54, 1.807) is 0 Å². The van der Waals surface area contributed by atoms with Crippen LogP contribution in [0.3, 0.4) is 0 Å². The third-order valence-corrected chi connectivity index (χ3v) is 3.07. The summed E-state index contributed by atoms with van der Waals surface area (Å²) in [4.78, 5) is 14.0. The van der Waals surface area contributed by atoms with Gasteiger partial charge in [0.25, 0.3) is 0 Å². The van der Waals surface area contributed by atoms with E-state index in [-0.39, 0.29) is 12.0 Å². The largest absolute Gasteiger partial charge is 0.465 e. The van der Waals surface area contributed by atoms with Crippen molar-refractivity contribution in [3.63, 3.8) is 0 Å². The van der Waals surface area contributed by atoms with Crippen LogP contribution in [0.2, 0.25) is 0 Å². The number of carbonyl (C=O) groups excluding carboxylic acids is 1. The van der Waals surface area contributed by atoms with Crippen molar-refractivity contribution >= 4 is 5.97 Å². The Hall–Kier alpha value is -0.570. The minimum atomic E-state index is -0.0471. The molecule has 3 nitrogen and oxygen atoms in total. The molecule has 3 heteroatoms. The van der Waals surface area contributed by atoms with Gasteiger partial charge in [0.2, 0.25) is 0 Å². The molecule has 0 N–H and O–H groups in total. The van der Waals surface area contributed by atoms with E-state index in [1.165, 1.54) is 12.8 Å². The number of ether oxygens (including phenoxy) is 1. The number of carbonyl (C=O) groups is 1. The summed E-state index contributed by atoms with van der Waals surface area (Å²) in [5.74, 6) is 0.663. The van der Waals surface area contributed by atoms with Crippen molar-refractivity contribution in [1.29, 1.82) is 0 Å². The molecular weight excluding hydrogens is 190 g/mol. The van der Waals surface area contributed by atoms with Gasteiger partial charge in [-0.2, -0.15) is 0 Å². The molecule has 1 saturated heterocycles. The van der Waals surface area contributed by atoms with E-state index < -0.39 is 0 Å². The lowest BCUT2D eigenvalue weighted by atomic mass is 9.98. The number of hydrogen-bond acceptors (Lipinski definition) is 3. The first-order chi connectivity index (χ1) is 7.19. The first kappa shape index (κ1) is 12.5. The summed E-state index contributed by atoms with van der Waals surface area (Å²) in [6.07, 6.45) is 3.35. The smallest absolute Gasteiger partial charge is 0.323 e. The van der Waals surface area contributed by atoms with E-state index in [1.807, 2.05) is 6.92 Å². The van der Waals surface area contributed by atoms with Gasteiger partial charge in [-0.3, -0.25) is 9.69 Å². The van der Waals surface area contributed by atoms with Crippen molar-refractivity contribution in [2.75, 3.05) is 19.7 Å². The summed E-state index contributed by atoms with van der Waals surface area (Å²) in [5.41, 5.74) is 0. The summed E-state index contributed by atoms with van der Waals surface area (Å²) >= 11 is 0. The normalized spacial score (nSPS) is 24.9. The second-order valence-electron chi connectivity index (χ2n) is 4.42. The molecule has 0 aliphatic carbocycles. The molecule has 1 aliphatic rings.